The second kappa shape index (κ2) is 9.42. The first-order valence-electron chi connectivity index (χ1n) is 10.5. The Morgan fingerprint density at radius 2 is 1.88 bits per heavy atom. The molecule has 2 N–H and O–H groups in total. The molecule has 0 aliphatic carbocycles. The fraction of sp³-hybridized carbons (Fsp3) is 0.200. The third-order valence-corrected chi connectivity index (χ3v) is 5.74. The minimum Gasteiger partial charge on any atom is -0.507 e. The van der Waals surface area contributed by atoms with E-state index in [-0.39, 0.29) is 5.75 Å². The lowest BCUT2D eigenvalue weighted by molar-refractivity contribution is 0.198. The van der Waals surface area contributed by atoms with E-state index >= 15 is 0 Å². The van der Waals surface area contributed by atoms with Crippen LogP contribution in [0, 0.1) is 0 Å². The van der Waals surface area contributed by atoms with Crippen molar-refractivity contribution in [3.63, 3.8) is 0 Å². The maximum atomic E-state index is 11.1. The van der Waals surface area contributed by atoms with Crippen molar-refractivity contribution < 1.29 is 10.3 Å². The van der Waals surface area contributed by atoms with E-state index in [1.54, 1.807) is 24.4 Å². The Morgan fingerprint density at radius 3 is 2.59 bits per heavy atom. The van der Waals surface area contributed by atoms with Crippen molar-refractivity contribution in [2.45, 2.75) is 20.4 Å². The number of pyridine rings is 2. The Bertz CT molecular complexity index is 1320. The van der Waals surface area contributed by atoms with Crippen LogP contribution in [0.3, 0.4) is 0 Å². The molecule has 7 heteroatoms. The van der Waals surface area contributed by atoms with Crippen LogP contribution in [-0.4, -0.2) is 38.0 Å². The average molecular weight is 449 g/mol. The first-order valence-corrected chi connectivity index (χ1v) is 10.9. The molecule has 0 unspecified atom stereocenters. The zero-order valence-electron chi connectivity index (χ0n) is 18.0. The summed E-state index contributed by atoms with van der Waals surface area (Å²) in [6.07, 6.45) is 3.24. The molecule has 4 aromatic rings. The molecule has 0 radical (unpaired) electrons. The highest BCUT2D eigenvalue weighted by molar-refractivity contribution is 6.31. The normalized spacial score (nSPS) is 12.1. The lowest BCUT2D eigenvalue weighted by atomic mass is 10.0. The number of benzene rings is 2. The summed E-state index contributed by atoms with van der Waals surface area (Å²) in [6, 6.07) is 16.4. The van der Waals surface area contributed by atoms with Crippen LogP contribution in [0.4, 0.5) is 5.69 Å². The van der Waals surface area contributed by atoms with Gasteiger partial charge in [-0.15, -0.1) is 0 Å². The van der Waals surface area contributed by atoms with Crippen molar-refractivity contribution in [3.8, 4) is 17.0 Å². The van der Waals surface area contributed by atoms with Gasteiger partial charge in [-0.3, -0.25) is 9.88 Å². The van der Waals surface area contributed by atoms with E-state index < -0.39 is 0 Å². The highest BCUT2D eigenvalue weighted by atomic mass is 35.5. The molecular weight excluding hydrogens is 424 g/mol. The van der Waals surface area contributed by atoms with Crippen molar-refractivity contribution in [2.75, 3.05) is 13.1 Å². The van der Waals surface area contributed by atoms with Crippen LogP contribution in [0.1, 0.15) is 19.4 Å². The Balaban J connectivity index is 1.93. The maximum absolute atomic E-state index is 11.1. The minimum absolute atomic E-state index is 0.215. The molecule has 0 amide bonds. The van der Waals surface area contributed by atoms with Gasteiger partial charge in [0, 0.05) is 40.5 Å². The van der Waals surface area contributed by atoms with E-state index in [0.717, 1.165) is 28.8 Å². The summed E-state index contributed by atoms with van der Waals surface area (Å²) in [6.45, 7) is 6.54. The van der Waals surface area contributed by atoms with Gasteiger partial charge in [-0.25, -0.2) is 4.99 Å². The van der Waals surface area contributed by atoms with Crippen LogP contribution in [0.2, 0.25) is 5.02 Å². The van der Waals surface area contributed by atoms with Crippen molar-refractivity contribution in [3.05, 3.63) is 82.9 Å². The number of phenols is 1. The second-order valence-corrected chi connectivity index (χ2v) is 7.93. The molecule has 0 spiro atoms. The molecule has 32 heavy (non-hydrogen) atoms. The lowest BCUT2D eigenvalue weighted by Crippen LogP contribution is -2.22. The molecule has 2 aromatic carbocycles. The standard InChI is InChI=1S/C25H25ClN4O2/c1-3-29(4-2)16-17-13-19(15-21(25(17)31)22-7-5-6-11-27-22)28-23-10-12-30(32)24-14-18(26)8-9-20(23)24/h5-15,31-32H,3-4,16H2,1-2H3. The van der Waals surface area contributed by atoms with Gasteiger partial charge < -0.3 is 10.3 Å². The van der Waals surface area contributed by atoms with E-state index in [4.69, 9.17) is 16.6 Å². The Labute approximate surface area is 191 Å². The molecule has 0 aliphatic rings. The van der Waals surface area contributed by atoms with Crippen molar-refractivity contribution in [2.24, 2.45) is 4.99 Å². The van der Waals surface area contributed by atoms with Crippen LogP contribution >= 0.6 is 11.6 Å². The van der Waals surface area contributed by atoms with E-state index in [2.05, 4.69) is 23.7 Å². The third-order valence-electron chi connectivity index (χ3n) is 5.51. The van der Waals surface area contributed by atoms with Gasteiger partial charge in [0.15, 0.2) is 0 Å². The number of aromatic hydroxyl groups is 1. The molecule has 0 saturated heterocycles. The van der Waals surface area contributed by atoms with E-state index in [0.29, 0.717) is 39.4 Å². The first-order chi connectivity index (χ1) is 15.5. The fourth-order valence-corrected chi connectivity index (χ4v) is 3.89. The zero-order valence-corrected chi connectivity index (χ0v) is 18.8. The van der Waals surface area contributed by atoms with Gasteiger partial charge in [0.1, 0.15) is 5.75 Å². The molecule has 0 bridgehead atoms. The van der Waals surface area contributed by atoms with E-state index in [9.17, 15) is 10.3 Å². The van der Waals surface area contributed by atoms with Gasteiger partial charge in [0.2, 0.25) is 0 Å². The third kappa shape index (κ3) is 4.47. The number of rotatable bonds is 6. The molecule has 0 aliphatic heterocycles. The first kappa shape index (κ1) is 21.9. The van der Waals surface area contributed by atoms with Crippen LogP contribution in [-0.2, 0) is 6.54 Å². The SMILES string of the molecule is CCN(CC)Cc1cc(N=c2ccn(O)c3cc(Cl)ccc23)cc(-c2ccccn2)c1O. The summed E-state index contributed by atoms with van der Waals surface area (Å²) in [5.74, 6) is 0.215. The number of nitrogens with zero attached hydrogens (tertiary/aromatic N) is 4. The lowest BCUT2D eigenvalue weighted by Gasteiger charge is -2.20. The highest BCUT2D eigenvalue weighted by Gasteiger charge is 2.15. The number of halogens is 1. The van der Waals surface area contributed by atoms with Gasteiger partial charge in [-0.05, 0) is 61.6 Å². The van der Waals surface area contributed by atoms with Crippen LogP contribution in [0.25, 0.3) is 22.2 Å². The summed E-state index contributed by atoms with van der Waals surface area (Å²) in [5, 5.41) is 23.2. The van der Waals surface area contributed by atoms with Gasteiger partial charge >= 0.3 is 0 Å². The van der Waals surface area contributed by atoms with Gasteiger partial charge in [0.05, 0.1) is 22.3 Å². The monoisotopic (exact) mass is 448 g/mol. The number of phenolic OH excluding ortho intramolecular Hbond substituents is 1. The molecule has 6 nitrogen and oxygen atoms in total. The van der Waals surface area contributed by atoms with Crippen molar-refractivity contribution in [1.82, 2.24) is 14.6 Å². The summed E-state index contributed by atoms with van der Waals surface area (Å²) < 4.78 is 1.03. The number of hydrogen-bond donors (Lipinski definition) is 2. The summed E-state index contributed by atoms with van der Waals surface area (Å²) in [4.78, 5) is 11.5. The van der Waals surface area contributed by atoms with Gasteiger partial charge in [-0.2, -0.15) is 4.73 Å². The van der Waals surface area contributed by atoms with Crippen LogP contribution < -0.4 is 5.36 Å². The predicted molar refractivity (Wildman–Crippen MR) is 127 cm³/mol. The van der Waals surface area contributed by atoms with Gasteiger partial charge in [0.25, 0.3) is 0 Å². The molecule has 0 fully saturated rings. The molecule has 2 aromatic heterocycles. The smallest absolute Gasteiger partial charge is 0.129 e. The topological polar surface area (TPSA) is 73.9 Å². The summed E-state index contributed by atoms with van der Waals surface area (Å²) in [7, 11) is 0. The van der Waals surface area contributed by atoms with Gasteiger partial charge in [-0.1, -0.05) is 31.5 Å². The van der Waals surface area contributed by atoms with E-state index in [1.165, 1.54) is 6.20 Å². The quantitative estimate of drug-likeness (QED) is 0.389. The Kier molecular flexibility index (Phi) is 6.44. The summed E-state index contributed by atoms with van der Waals surface area (Å²) >= 11 is 6.11. The molecule has 164 valence electrons. The predicted octanol–water partition coefficient (Wildman–Crippen LogP) is 5.37. The van der Waals surface area contributed by atoms with Crippen molar-refractivity contribution in [1.29, 1.82) is 0 Å². The Morgan fingerprint density at radius 1 is 1.06 bits per heavy atom. The number of fused-ring (bicyclic) bond motifs is 1. The molecule has 0 saturated carbocycles. The molecule has 2 heterocycles. The molecule has 4 rings (SSSR count). The maximum Gasteiger partial charge on any atom is 0.129 e. The second-order valence-electron chi connectivity index (χ2n) is 7.50. The number of aromatic nitrogens is 2. The largest absolute Gasteiger partial charge is 0.507 e. The number of hydrogen-bond acceptors (Lipinski definition) is 5. The minimum atomic E-state index is 0.215. The van der Waals surface area contributed by atoms with E-state index in [1.807, 2.05) is 36.4 Å². The molecular formula is C25H25ClN4O2. The zero-order chi connectivity index (χ0) is 22.7. The van der Waals surface area contributed by atoms with Crippen molar-refractivity contribution >= 4 is 28.2 Å². The summed E-state index contributed by atoms with van der Waals surface area (Å²) in [5.41, 5.74) is 3.36. The van der Waals surface area contributed by atoms with Crippen LogP contribution in [0.5, 0.6) is 5.75 Å². The Hall–Kier alpha value is -3.35. The molecule has 0 atom stereocenters. The fourth-order valence-electron chi connectivity index (χ4n) is 3.73. The highest BCUT2D eigenvalue weighted by Crippen LogP contribution is 2.36. The van der Waals surface area contributed by atoms with Crippen LogP contribution in [0.15, 0.2) is 72.0 Å². The average Bonchev–Trinajstić information content (AvgIpc) is 2.81.